The molecule has 61 heavy (non-hydrogen) atoms. The molecule has 0 radical (unpaired) electrons. The molecule has 5 N–H and O–H groups in total. The lowest BCUT2D eigenvalue weighted by molar-refractivity contribution is -0.136. The fourth-order valence-electron chi connectivity index (χ4n) is 7.32. The minimum absolute atomic E-state index is 0.0445. The van der Waals surface area contributed by atoms with E-state index in [1.165, 1.54) is 6.20 Å². The van der Waals surface area contributed by atoms with E-state index in [-0.39, 0.29) is 47.6 Å². The highest BCUT2D eigenvalue weighted by Crippen LogP contribution is 2.31. The second kappa shape index (κ2) is 17.8. The van der Waals surface area contributed by atoms with Gasteiger partial charge in [-0.05, 0) is 73.2 Å². The van der Waals surface area contributed by atoms with Crippen LogP contribution in [0.5, 0.6) is 0 Å². The minimum Gasteiger partial charge on any atom is -0.385 e. The van der Waals surface area contributed by atoms with E-state index in [1.807, 2.05) is 24.3 Å². The largest absolute Gasteiger partial charge is 0.385 e. The molecule has 2 aromatic heterocycles. The topological polar surface area (TPSA) is 217 Å². The molecule has 0 aliphatic carbocycles. The van der Waals surface area contributed by atoms with Crippen LogP contribution < -0.4 is 20.7 Å². The summed E-state index contributed by atoms with van der Waals surface area (Å²) in [6.07, 6.45) is 5.74. The van der Waals surface area contributed by atoms with Crippen LogP contribution in [0.3, 0.4) is 0 Å². The molecule has 2 aliphatic rings. The molecule has 15 nitrogen and oxygen atoms in total. The Morgan fingerprint density at radius 3 is 2.44 bits per heavy atom. The number of halogens is 2. The molecule has 2 aliphatic heterocycles. The number of piperidine rings is 1. The van der Waals surface area contributed by atoms with Crippen LogP contribution >= 0.6 is 0 Å². The molecule has 1 saturated heterocycles. The average molecular weight is 854 g/mol. The van der Waals surface area contributed by atoms with Crippen LogP contribution in [0.2, 0.25) is 0 Å². The summed E-state index contributed by atoms with van der Waals surface area (Å²) in [5.41, 5.74) is 2.04. The third-order valence-corrected chi connectivity index (χ3v) is 11.9. The van der Waals surface area contributed by atoms with Crippen molar-refractivity contribution in [3.8, 4) is 11.1 Å². The van der Waals surface area contributed by atoms with E-state index < -0.39 is 68.4 Å². The number of anilines is 2. The summed E-state index contributed by atoms with van der Waals surface area (Å²) >= 11 is 0. The van der Waals surface area contributed by atoms with Gasteiger partial charge in [0, 0.05) is 60.5 Å². The van der Waals surface area contributed by atoms with E-state index in [0.717, 1.165) is 41.0 Å². The van der Waals surface area contributed by atoms with Gasteiger partial charge in [0.1, 0.15) is 17.5 Å². The van der Waals surface area contributed by atoms with Crippen molar-refractivity contribution in [3.05, 3.63) is 113 Å². The molecule has 3 aromatic carbocycles. The molecule has 1 fully saturated rings. The number of nitrogens with one attached hydrogen (secondary N) is 5. The molecule has 316 valence electrons. The lowest BCUT2D eigenvalue weighted by Gasteiger charge is -2.27. The molecule has 7 rings (SSSR count). The number of ketones is 1. The van der Waals surface area contributed by atoms with Gasteiger partial charge in [0.25, 0.3) is 11.8 Å². The molecule has 0 spiro atoms. The van der Waals surface area contributed by atoms with E-state index in [0.29, 0.717) is 48.2 Å². The SMILES string of the molecule is CCCS(=O)(=O)Nc1ccc(F)c(C(=O)c2c[nH]c3ncc(-c4ccc(CNC(=O)CCCCCNc5ccc6c(c5)C(=O)N(C5CCC(=O)NC5=O)C6=O)cc4)cc23)c1F. The maximum Gasteiger partial charge on any atom is 0.262 e. The minimum atomic E-state index is -3.91. The zero-order valence-corrected chi connectivity index (χ0v) is 33.7. The molecular formula is C43H41F2N7O8S. The summed E-state index contributed by atoms with van der Waals surface area (Å²) in [5, 5.41) is 8.64. The van der Waals surface area contributed by atoms with Gasteiger partial charge in [-0.1, -0.05) is 37.6 Å². The van der Waals surface area contributed by atoms with Gasteiger partial charge < -0.3 is 15.6 Å². The number of hydrogen-bond acceptors (Lipinski definition) is 10. The van der Waals surface area contributed by atoms with Gasteiger partial charge in [-0.25, -0.2) is 22.2 Å². The first-order valence-corrected chi connectivity index (χ1v) is 21.4. The normalized spacial score (nSPS) is 15.2. The number of rotatable bonds is 17. The van der Waals surface area contributed by atoms with Crippen LogP contribution in [0.4, 0.5) is 20.2 Å². The Morgan fingerprint density at radius 2 is 1.69 bits per heavy atom. The highest BCUT2D eigenvalue weighted by atomic mass is 32.2. The maximum absolute atomic E-state index is 15.4. The monoisotopic (exact) mass is 853 g/mol. The van der Waals surface area contributed by atoms with E-state index in [2.05, 4.69) is 30.6 Å². The van der Waals surface area contributed by atoms with Gasteiger partial charge in [-0.3, -0.25) is 43.7 Å². The fraction of sp³-hybridized carbons (Fsp3) is 0.279. The summed E-state index contributed by atoms with van der Waals surface area (Å²) in [5.74, 6) is -6.09. The van der Waals surface area contributed by atoms with Gasteiger partial charge in [0.2, 0.25) is 33.5 Å². The number of fused-ring (bicyclic) bond motifs is 2. The average Bonchev–Trinajstić information content (AvgIpc) is 3.76. The number of carbonyl (C=O) groups excluding carboxylic acids is 6. The maximum atomic E-state index is 15.4. The predicted molar refractivity (Wildman–Crippen MR) is 221 cm³/mol. The number of benzene rings is 3. The summed E-state index contributed by atoms with van der Waals surface area (Å²) in [4.78, 5) is 84.1. The Bertz CT molecular complexity index is 2700. The van der Waals surface area contributed by atoms with Crippen molar-refractivity contribution in [1.82, 2.24) is 25.5 Å². The number of aromatic amines is 1. The second-order valence-corrected chi connectivity index (χ2v) is 16.6. The Labute approximate surface area is 348 Å². The zero-order valence-electron chi connectivity index (χ0n) is 32.9. The Hall–Kier alpha value is -6.82. The molecular weight excluding hydrogens is 813 g/mol. The van der Waals surface area contributed by atoms with Gasteiger partial charge in [0.15, 0.2) is 5.82 Å². The third-order valence-electron chi connectivity index (χ3n) is 10.5. The first-order chi connectivity index (χ1) is 29.2. The number of sulfonamides is 1. The van der Waals surface area contributed by atoms with Crippen LogP contribution in [0.1, 0.15) is 94.1 Å². The molecule has 0 bridgehead atoms. The first-order valence-electron chi connectivity index (χ1n) is 19.7. The van der Waals surface area contributed by atoms with Gasteiger partial charge in [0.05, 0.1) is 28.1 Å². The van der Waals surface area contributed by atoms with Gasteiger partial charge >= 0.3 is 0 Å². The van der Waals surface area contributed by atoms with Crippen LogP contribution in [-0.2, 0) is 31.0 Å². The highest BCUT2D eigenvalue weighted by Gasteiger charge is 2.44. The number of carbonyl (C=O) groups is 6. The Kier molecular flexibility index (Phi) is 12.3. The Balaban J connectivity index is 0.875. The molecule has 1 atom stereocenters. The lowest BCUT2D eigenvalue weighted by Crippen LogP contribution is -2.54. The number of unbranched alkanes of at least 4 members (excludes halogenated alkanes) is 2. The van der Waals surface area contributed by atoms with E-state index in [9.17, 15) is 41.6 Å². The smallest absolute Gasteiger partial charge is 0.262 e. The predicted octanol–water partition coefficient (Wildman–Crippen LogP) is 5.58. The fourth-order valence-corrected chi connectivity index (χ4v) is 8.45. The standard InChI is InChI=1S/C43H41F2N7O8S/c1-2-18-61(59,60)51-33-14-13-32(44)37(38(33)45)39(55)31-23-49-40-29(31)19-26(22-48-40)25-9-7-24(8-10-25)21-47-35(53)6-4-3-5-17-46-27-11-12-28-30(20-27)43(58)52(42(28)57)34-15-16-36(54)50-41(34)56/h7-14,19-20,22-23,34,46,51H,2-6,15-18,21H2,1H3,(H,47,53)(H,48,49)(H,50,54,56). The van der Waals surface area contributed by atoms with Crippen LogP contribution in [0, 0.1) is 11.6 Å². The summed E-state index contributed by atoms with van der Waals surface area (Å²) in [7, 11) is -3.91. The van der Waals surface area contributed by atoms with Crippen molar-refractivity contribution in [2.45, 2.75) is 64.5 Å². The number of nitrogens with zero attached hydrogens (tertiary/aromatic N) is 2. The van der Waals surface area contributed by atoms with E-state index in [1.54, 1.807) is 37.4 Å². The Morgan fingerprint density at radius 1 is 0.918 bits per heavy atom. The number of amides is 5. The van der Waals surface area contributed by atoms with Crippen molar-refractivity contribution in [3.63, 3.8) is 0 Å². The quantitative estimate of drug-likeness (QED) is 0.0445. The lowest BCUT2D eigenvalue weighted by atomic mass is 9.99. The van der Waals surface area contributed by atoms with Crippen LogP contribution in [-0.4, -0.2) is 76.9 Å². The van der Waals surface area contributed by atoms with Crippen molar-refractivity contribution < 1.29 is 46.0 Å². The molecule has 0 saturated carbocycles. The molecule has 4 heterocycles. The van der Waals surface area contributed by atoms with Crippen molar-refractivity contribution in [2.24, 2.45) is 0 Å². The number of imide groups is 2. The summed E-state index contributed by atoms with van der Waals surface area (Å²) in [6, 6.07) is 14.5. The van der Waals surface area contributed by atoms with E-state index >= 15 is 4.39 Å². The molecule has 18 heteroatoms. The second-order valence-electron chi connectivity index (χ2n) is 14.8. The summed E-state index contributed by atoms with van der Waals surface area (Å²) in [6.45, 7) is 2.49. The highest BCUT2D eigenvalue weighted by molar-refractivity contribution is 7.92. The van der Waals surface area contributed by atoms with Crippen LogP contribution in [0.15, 0.2) is 73.1 Å². The first kappa shape index (κ1) is 42.3. The van der Waals surface area contributed by atoms with Crippen molar-refractivity contribution in [2.75, 3.05) is 22.3 Å². The van der Waals surface area contributed by atoms with Gasteiger partial charge in [-0.2, -0.15) is 0 Å². The van der Waals surface area contributed by atoms with Crippen molar-refractivity contribution in [1.29, 1.82) is 0 Å². The van der Waals surface area contributed by atoms with E-state index in [4.69, 9.17) is 0 Å². The summed E-state index contributed by atoms with van der Waals surface area (Å²) < 4.78 is 56.9. The van der Waals surface area contributed by atoms with Gasteiger partial charge in [-0.15, -0.1) is 0 Å². The van der Waals surface area contributed by atoms with Crippen molar-refractivity contribution >= 4 is 67.8 Å². The number of aromatic nitrogens is 2. The number of H-pyrrole nitrogens is 1. The zero-order chi connectivity index (χ0) is 43.4. The van der Waals surface area contributed by atoms with Crippen LogP contribution in [0.25, 0.3) is 22.2 Å². The molecule has 5 aromatic rings. The third kappa shape index (κ3) is 9.18. The number of hydrogen-bond donors (Lipinski definition) is 5. The molecule has 1 unspecified atom stereocenters. The number of pyridine rings is 1. The molecule has 5 amide bonds.